The van der Waals surface area contributed by atoms with E-state index in [9.17, 15) is 5.11 Å². The van der Waals surface area contributed by atoms with Crippen molar-refractivity contribution in [2.45, 2.75) is 19.3 Å². The Morgan fingerprint density at radius 3 is 2.57 bits per heavy atom. The number of aromatic nitrogens is 5. The van der Waals surface area contributed by atoms with Crippen molar-refractivity contribution in [3.05, 3.63) is 36.8 Å². The Morgan fingerprint density at radius 2 is 1.93 bits per heavy atom. The topological polar surface area (TPSA) is 103 Å². The summed E-state index contributed by atoms with van der Waals surface area (Å²) in [6, 6.07) is 5.46. The molecule has 3 aromatic rings. The number of nitrogens with zero attached hydrogens (tertiary/aromatic N) is 5. The highest BCUT2D eigenvalue weighted by Gasteiger charge is 2.37. The number of piperidine rings is 1. The van der Waals surface area contributed by atoms with Crippen LogP contribution < -0.4 is 10.2 Å². The minimum Gasteiger partial charge on any atom is -0.507 e. The van der Waals surface area contributed by atoms with Crippen molar-refractivity contribution in [3.8, 4) is 28.1 Å². The third-order valence-corrected chi connectivity index (χ3v) is 6.09. The average Bonchev–Trinajstić information content (AvgIpc) is 3.42. The van der Waals surface area contributed by atoms with Gasteiger partial charge in [0.1, 0.15) is 11.4 Å². The fraction of sp³-hybridized carbons (Fsp3) is 0.400. The van der Waals surface area contributed by atoms with Gasteiger partial charge in [0.2, 0.25) is 5.95 Å². The van der Waals surface area contributed by atoms with Crippen molar-refractivity contribution in [2.24, 2.45) is 5.41 Å². The van der Waals surface area contributed by atoms with Crippen LogP contribution in [0.15, 0.2) is 36.8 Å². The van der Waals surface area contributed by atoms with E-state index >= 15 is 0 Å². The largest absolute Gasteiger partial charge is 0.507 e. The third-order valence-electron chi connectivity index (χ3n) is 6.09. The Hall–Kier alpha value is -3.00. The molecule has 0 radical (unpaired) electrons. The number of benzene rings is 1. The monoisotopic (exact) mass is 377 g/mol. The summed E-state index contributed by atoms with van der Waals surface area (Å²) in [6.45, 7) is 4.20. The quantitative estimate of drug-likeness (QED) is 0.643. The van der Waals surface area contributed by atoms with E-state index in [0.29, 0.717) is 22.6 Å². The molecule has 2 aliphatic heterocycles. The van der Waals surface area contributed by atoms with Gasteiger partial charge in [0, 0.05) is 37.0 Å². The van der Waals surface area contributed by atoms with E-state index in [1.54, 1.807) is 24.7 Å². The molecular weight excluding hydrogens is 354 g/mol. The van der Waals surface area contributed by atoms with Gasteiger partial charge in [-0.1, -0.05) is 6.07 Å². The van der Waals surface area contributed by atoms with Crippen LogP contribution in [-0.2, 0) is 0 Å². The molecule has 2 saturated heterocycles. The number of aromatic amines is 1. The van der Waals surface area contributed by atoms with Crippen LogP contribution in [0.5, 0.6) is 5.75 Å². The van der Waals surface area contributed by atoms with Crippen molar-refractivity contribution in [1.82, 2.24) is 30.7 Å². The van der Waals surface area contributed by atoms with Crippen molar-refractivity contribution in [1.29, 1.82) is 0 Å². The molecular formula is C20H23N7O. The predicted molar refractivity (Wildman–Crippen MR) is 106 cm³/mol. The first-order valence-electron chi connectivity index (χ1n) is 9.70. The van der Waals surface area contributed by atoms with E-state index in [1.165, 1.54) is 19.3 Å². The fourth-order valence-electron chi connectivity index (χ4n) is 4.28. The standard InChI is InChI=1S/C20H23N7O/c28-18-9-14(15-10-23-24-11-15)1-2-16(18)17-12-22-19(26-25-17)27-7-4-20(5-8-27)3-6-21-13-20/h1-2,9-12,21,28H,3-8,13H2,(H,23,24). The summed E-state index contributed by atoms with van der Waals surface area (Å²) in [6.07, 6.45) is 8.80. The summed E-state index contributed by atoms with van der Waals surface area (Å²) in [5.74, 6) is 0.815. The van der Waals surface area contributed by atoms with Crippen LogP contribution in [0, 0.1) is 5.41 Å². The van der Waals surface area contributed by atoms with E-state index < -0.39 is 0 Å². The van der Waals surface area contributed by atoms with E-state index in [1.807, 2.05) is 12.1 Å². The van der Waals surface area contributed by atoms with Crippen LogP contribution in [0.4, 0.5) is 5.95 Å². The molecule has 28 heavy (non-hydrogen) atoms. The summed E-state index contributed by atoms with van der Waals surface area (Å²) in [5, 5.41) is 29.3. The number of nitrogens with one attached hydrogen (secondary N) is 2. The van der Waals surface area contributed by atoms with Crippen molar-refractivity contribution >= 4 is 5.95 Å². The zero-order valence-electron chi connectivity index (χ0n) is 15.6. The van der Waals surface area contributed by atoms with Gasteiger partial charge >= 0.3 is 0 Å². The van der Waals surface area contributed by atoms with Crippen LogP contribution in [0.1, 0.15) is 19.3 Å². The fourth-order valence-corrected chi connectivity index (χ4v) is 4.28. The summed E-state index contributed by atoms with van der Waals surface area (Å²) >= 11 is 0. The Morgan fingerprint density at radius 1 is 1.04 bits per heavy atom. The molecule has 4 heterocycles. The van der Waals surface area contributed by atoms with E-state index in [2.05, 4.69) is 35.6 Å². The Balaban J connectivity index is 1.31. The van der Waals surface area contributed by atoms with Crippen molar-refractivity contribution in [2.75, 3.05) is 31.1 Å². The van der Waals surface area contributed by atoms with Gasteiger partial charge in [0.25, 0.3) is 0 Å². The number of rotatable bonds is 3. The molecule has 0 aliphatic carbocycles. The number of anilines is 1. The highest BCUT2D eigenvalue weighted by atomic mass is 16.3. The number of hydrogen-bond acceptors (Lipinski definition) is 7. The first-order valence-corrected chi connectivity index (χ1v) is 9.70. The number of hydrogen-bond donors (Lipinski definition) is 3. The Labute approximate surface area is 163 Å². The van der Waals surface area contributed by atoms with Gasteiger partial charge in [-0.15, -0.1) is 10.2 Å². The number of phenolic OH excluding ortho intramolecular Hbond substituents is 1. The van der Waals surface area contributed by atoms with Gasteiger partial charge in [0.15, 0.2) is 0 Å². The zero-order chi connectivity index (χ0) is 19.0. The lowest BCUT2D eigenvalue weighted by molar-refractivity contribution is 0.246. The molecule has 3 N–H and O–H groups in total. The highest BCUT2D eigenvalue weighted by Crippen LogP contribution is 2.38. The molecule has 8 nitrogen and oxygen atoms in total. The van der Waals surface area contributed by atoms with Gasteiger partial charge in [-0.05, 0) is 48.9 Å². The minimum atomic E-state index is 0.149. The number of aromatic hydroxyl groups is 1. The molecule has 5 rings (SSSR count). The molecule has 2 aromatic heterocycles. The van der Waals surface area contributed by atoms with Gasteiger partial charge in [-0.2, -0.15) is 5.10 Å². The normalized spacial score (nSPS) is 18.6. The maximum atomic E-state index is 10.4. The van der Waals surface area contributed by atoms with Crippen LogP contribution in [0.25, 0.3) is 22.4 Å². The molecule has 0 bridgehead atoms. The summed E-state index contributed by atoms with van der Waals surface area (Å²) < 4.78 is 0. The Kier molecular flexibility index (Phi) is 4.20. The van der Waals surface area contributed by atoms with E-state index in [4.69, 9.17) is 0 Å². The summed E-state index contributed by atoms with van der Waals surface area (Å²) in [7, 11) is 0. The van der Waals surface area contributed by atoms with Gasteiger partial charge in [0.05, 0.1) is 12.4 Å². The first kappa shape index (κ1) is 17.1. The SMILES string of the molecule is Oc1cc(-c2cn[nH]c2)ccc1-c1cnc(N2CCC3(CCNC3)CC2)nn1. The summed E-state index contributed by atoms with van der Waals surface area (Å²) in [5.41, 5.74) is 3.45. The molecule has 0 atom stereocenters. The smallest absolute Gasteiger partial charge is 0.245 e. The molecule has 1 spiro atoms. The molecule has 2 aliphatic rings. The van der Waals surface area contributed by atoms with Gasteiger partial charge in [-0.25, -0.2) is 4.98 Å². The van der Waals surface area contributed by atoms with Gasteiger partial charge in [-0.3, -0.25) is 5.10 Å². The highest BCUT2D eigenvalue weighted by molar-refractivity contribution is 5.73. The molecule has 0 saturated carbocycles. The molecule has 144 valence electrons. The predicted octanol–water partition coefficient (Wildman–Crippen LogP) is 2.21. The van der Waals surface area contributed by atoms with Crippen LogP contribution in [-0.4, -0.2) is 56.7 Å². The maximum absolute atomic E-state index is 10.4. The lowest BCUT2D eigenvalue weighted by atomic mass is 9.78. The second kappa shape index (κ2) is 6.87. The molecule has 8 heteroatoms. The van der Waals surface area contributed by atoms with Gasteiger partial charge < -0.3 is 15.3 Å². The molecule has 2 fully saturated rings. The van der Waals surface area contributed by atoms with Crippen LogP contribution in [0.3, 0.4) is 0 Å². The van der Waals surface area contributed by atoms with Crippen LogP contribution >= 0.6 is 0 Å². The lowest BCUT2D eigenvalue weighted by Crippen LogP contribution is -2.42. The molecule has 0 unspecified atom stereocenters. The minimum absolute atomic E-state index is 0.149. The summed E-state index contributed by atoms with van der Waals surface area (Å²) in [4.78, 5) is 6.73. The Bertz CT molecular complexity index is 939. The average molecular weight is 377 g/mol. The second-order valence-electron chi connectivity index (χ2n) is 7.78. The second-order valence-corrected chi connectivity index (χ2v) is 7.78. The first-order chi connectivity index (χ1) is 13.7. The molecule has 1 aromatic carbocycles. The third kappa shape index (κ3) is 3.09. The lowest BCUT2D eigenvalue weighted by Gasteiger charge is -2.38. The number of phenols is 1. The van der Waals surface area contributed by atoms with Crippen molar-refractivity contribution < 1.29 is 5.11 Å². The van der Waals surface area contributed by atoms with Crippen LogP contribution in [0.2, 0.25) is 0 Å². The van der Waals surface area contributed by atoms with E-state index in [-0.39, 0.29) is 5.75 Å². The van der Waals surface area contributed by atoms with Crippen molar-refractivity contribution in [3.63, 3.8) is 0 Å². The van der Waals surface area contributed by atoms with E-state index in [0.717, 1.165) is 37.3 Å². The number of H-pyrrole nitrogens is 1. The zero-order valence-corrected chi connectivity index (χ0v) is 15.6. The maximum Gasteiger partial charge on any atom is 0.245 e. The molecule has 0 amide bonds.